The molecule has 0 saturated heterocycles. The monoisotopic (exact) mass is 461 g/mol. The fourth-order valence-electron chi connectivity index (χ4n) is 4.50. The first-order valence-corrected chi connectivity index (χ1v) is 11.6. The fraction of sp³-hybridized carbons (Fsp3) is 0.172. The van der Waals surface area contributed by atoms with Crippen molar-refractivity contribution in [2.45, 2.75) is 26.1 Å². The van der Waals surface area contributed by atoms with E-state index in [0.717, 1.165) is 27.9 Å². The average Bonchev–Trinajstić information content (AvgIpc) is 3.29. The second kappa shape index (κ2) is 9.13. The molecule has 2 aromatic heterocycles. The van der Waals surface area contributed by atoms with Gasteiger partial charge in [0.25, 0.3) is 5.56 Å². The predicted molar refractivity (Wildman–Crippen MR) is 140 cm³/mol. The number of allylic oxidation sites excluding steroid dienone is 2. The molecule has 5 rings (SSSR count). The first-order valence-electron chi connectivity index (χ1n) is 11.6. The highest BCUT2D eigenvalue weighted by atomic mass is 16.1. The Kier molecular flexibility index (Phi) is 5.86. The molecular formula is C29H27N5O. The molecule has 0 saturated carbocycles. The van der Waals surface area contributed by atoms with Crippen molar-refractivity contribution in [3.8, 4) is 17.5 Å². The molecule has 35 heavy (non-hydrogen) atoms. The third-order valence-electron chi connectivity index (χ3n) is 6.26. The van der Waals surface area contributed by atoms with Crippen molar-refractivity contribution in [1.29, 1.82) is 0 Å². The van der Waals surface area contributed by atoms with Crippen LogP contribution in [0.3, 0.4) is 0 Å². The molecule has 2 N–H and O–H groups in total. The van der Waals surface area contributed by atoms with E-state index in [1.807, 2.05) is 80.9 Å². The fourth-order valence-corrected chi connectivity index (χ4v) is 4.50. The van der Waals surface area contributed by atoms with Crippen molar-refractivity contribution < 1.29 is 0 Å². The average molecular weight is 462 g/mol. The maximum atomic E-state index is 14.1. The Morgan fingerprint density at radius 1 is 1.09 bits per heavy atom. The Bertz CT molecular complexity index is 1580. The van der Waals surface area contributed by atoms with Gasteiger partial charge in [-0.3, -0.25) is 14.0 Å². The van der Waals surface area contributed by atoms with Crippen LogP contribution in [0.15, 0.2) is 95.7 Å². The molecule has 6 heteroatoms. The molecular weight excluding hydrogens is 434 g/mol. The number of pyridine rings is 1. The minimum atomic E-state index is -0.277. The number of benzene rings is 2. The number of hydrogen-bond acceptors (Lipinski definition) is 4. The number of nitrogens with two attached hydrogens (primary N) is 1. The Hall–Kier alpha value is -4.34. The van der Waals surface area contributed by atoms with Crippen molar-refractivity contribution in [3.05, 3.63) is 118 Å². The third kappa shape index (κ3) is 4.30. The summed E-state index contributed by atoms with van der Waals surface area (Å²) in [7, 11) is 1.85. The minimum absolute atomic E-state index is 0.103. The summed E-state index contributed by atoms with van der Waals surface area (Å²) in [5.41, 5.74) is 10.6. The number of rotatable bonds is 3. The van der Waals surface area contributed by atoms with Crippen molar-refractivity contribution in [1.82, 2.24) is 19.2 Å². The number of para-hydroxylation sites is 1. The van der Waals surface area contributed by atoms with E-state index in [1.54, 1.807) is 15.4 Å². The molecule has 0 radical (unpaired) electrons. The van der Waals surface area contributed by atoms with Gasteiger partial charge in [-0.25, -0.2) is 0 Å². The molecule has 1 aliphatic rings. The van der Waals surface area contributed by atoms with Crippen molar-refractivity contribution in [2.24, 2.45) is 12.8 Å². The highest BCUT2D eigenvalue weighted by molar-refractivity contribution is 5.88. The van der Waals surface area contributed by atoms with Crippen LogP contribution in [0.2, 0.25) is 0 Å². The van der Waals surface area contributed by atoms with Gasteiger partial charge >= 0.3 is 0 Å². The summed E-state index contributed by atoms with van der Waals surface area (Å²) in [6.45, 7) is 4.12. The lowest BCUT2D eigenvalue weighted by Gasteiger charge is -2.35. The highest BCUT2D eigenvalue weighted by Gasteiger charge is 2.24. The van der Waals surface area contributed by atoms with E-state index in [1.165, 1.54) is 0 Å². The molecule has 3 heterocycles. The zero-order valence-corrected chi connectivity index (χ0v) is 20.0. The van der Waals surface area contributed by atoms with E-state index >= 15 is 0 Å². The van der Waals surface area contributed by atoms with E-state index < -0.39 is 0 Å². The summed E-state index contributed by atoms with van der Waals surface area (Å²) in [5, 5.41) is 5.62. The number of fused-ring (bicyclic) bond motifs is 1. The van der Waals surface area contributed by atoms with Gasteiger partial charge in [0.1, 0.15) is 0 Å². The van der Waals surface area contributed by atoms with Gasteiger partial charge in [0.2, 0.25) is 0 Å². The number of aromatic nitrogens is 3. The minimum Gasteiger partial charge on any atom is -0.350 e. The summed E-state index contributed by atoms with van der Waals surface area (Å²) in [4.78, 5) is 16.2. The topological polar surface area (TPSA) is 69.1 Å². The summed E-state index contributed by atoms with van der Waals surface area (Å²) >= 11 is 0. The van der Waals surface area contributed by atoms with E-state index in [9.17, 15) is 4.79 Å². The van der Waals surface area contributed by atoms with E-state index in [0.29, 0.717) is 10.9 Å². The van der Waals surface area contributed by atoms with Gasteiger partial charge in [-0.15, -0.1) is 0 Å². The molecule has 4 aromatic rings. The summed E-state index contributed by atoms with van der Waals surface area (Å²) in [6, 6.07) is 17.5. The molecule has 0 amide bonds. The van der Waals surface area contributed by atoms with Crippen LogP contribution in [-0.4, -0.2) is 25.4 Å². The number of nitrogens with zero attached hydrogens (tertiary/aromatic N) is 4. The standard InChI is InChI=1S/C29H27N5O/c1-20-12-15-27(30)33(18-20)21(2)26-16-24-9-7-8-23(14-13-22-17-31-32(3)19-22)28(24)29(35)34(26)25-10-5-4-6-11-25/h4-12,15-19,21,27H,30H2,1-3H3/t21?,27-/m0/s1. The van der Waals surface area contributed by atoms with Crippen LogP contribution in [-0.2, 0) is 7.05 Å². The van der Waals surface area contributed by atoms with Gasteiger partial charge in [-0.1, -0.05) is 48.2 Å². The van der Waals surface area contributed by atoms with E-state index in [-0.39, 0.29) is 17.8 Å². The first kappa shape index (κ1) is 22.5. The predicted octanol–water partition coefficient (Wildman–Crippen LogP) is 4.25. The third-order valence-corrected chi connectivity index (χ3v) is 6.26. The van der Waals surface area contributed by atoms with Crippen LogP contribution in [0.1, 0.15) is 36.7 Å². The van der Waals surface area contributed by atoms with Crippen LogP contribution in [0, 0.1) is 11.8 Å². The smallest absolute Gasteiger partial charge is 0.264 e. The molecule has 6 nitrogen and oxygen atoms in total. The van der Waals surface area contributed by atoms with Crippen LogP contribution < -0.4 is 11.3 Å². The van der Waals surface area contributed by atoms with Crippen molar-refractivity contribution >= 4 is 10.8 Å². The molecule has 174 valence electrons. The SMILES string of the molecule is CC1=CN(C(C)c2cc3cccc(C#Cc4cnn(C)c4)c3c(=O)n2-c2ccccc2)[C@H](N)C=C1. The maximum Gasteiger partial charge on any atom is 0.264 e. The zero-order chi connectivity index (χ0) is 24.5. The highest BCUT2D eigenvalue weighted by Crippen LogP contribution is 2.29. The summed E-state index contributed by atoms with van der Waals surface area (Å²) in [6.07, 6.45) is 9.34. The Morgan fingerprint density at radius 2 is 1.89 bits per heavy atom. The van der Waals surface area contributed by atoms with Crippen LogP contribution in [0.4, 0.5) is 0 Å². The maximum absolute atomic E-state index is 14.1. The Labute approximate surface area is 204 Å². The largest absolute Gasteiger partial charge is 0.350 e. The lowest BCUT2D eigenvalue weighted by atomic mass is 10.0. The lowest BCUT2D eigenvalue weighted by molar-refractivity contribution is 0.244. The van der Waals surface area contributed by atoms with Crippen LogP contribution in [0.25, 0.3) is 16.5 Å². The molecule has 2 aromatic carbocycles. The second-order valence-electron chi connectivity index (χ2n) is 8.81. The van der Waals surface area contributed by atoms with E-state index in [4.69, 9.17) is 5.73 Å². The first-order chi connectivity index (χ1) is 16.9. The van der Waals surface area contributed by atoms with Gasteiger partial charge in [-0.2, -0.15) is 5.10 Å². The van der Waals surface area contributed by atoms with Gasteiger partial charge in [0.15, 0.2) is 0 Å². The number of aryl methyl sites for hydroxylation is 1. The summed E-state index contributed by atoms with van der Waals surface area (Å²) < 4.78 is 3.50. The van der Waals surface area contributed by atoms with Gasteiger partial charge in [0, 0.05) is 36.4 Å². The molecule has 1 unspecified atom stereocenters. The van der Waals surface area contributed by atoms with E-state index in [2.05, 4.69) is 41.0 Å². The van der Waals surface area contributed by atoms with Crippen molar-refractivity contribution in [2.75, 3.05) is 0 Å². The van der Waals surface area contributed by atoms with Gasteiger partial charge < -0.3 is 10.6 Å². The Balaban J connectivity index is 1.74. The normalized spacial score (nSPS) is 16.1. The van der Waals surface area contributed by atoms with Gasteiger partial charge in [-0.05, 0) is 55.1 Å². The molecule has 0 fully saturated rings. The summed E-state index contributed by atoms with van der Waals surface area (Å²) in [5.74, 6) is 6.33. The van der Waals surface area contributed by atoms with Crippen molar-refractivity contribution in [3.63, 3.8) is 0 Å². The zero-order valence-electron chi connectivity index (χ0n) is 20.0. The molecule has 0 spiro atoms. The quantitative estimate of drug-likeness (QED) is 0.463. The molecule has 0 bridgehead atoms. The number of hydrogen-bond donors (Lipinski definition) is 1. The van der Waals surface area contributed by atoms with Gasteiger partial charge in [0.05, 0.1) is 29.4 Å². The lowest BCUT2D eigenvalue weighted by Crippen LogP contribution is -2.41. The second-order valence-corrected chi connectivity index (χ2v) is 8.81. The molecule has 0 aliphatic carbocycles. The Morgan fingerprint density at radius 3 is 2.63 bits per heavy atom. The van der Waals surface area contributed by atoms with Crippen LogP contribution >= 0.6 is 0 Å². The van der Waals surface area contributed by atoms with Crippen LogP contribution in [0.5, 0.6) is 0 Å². The molecule has 2 atom stereocenters. The molecule has 1 aliphatic heterocycles.